The summed E-state index contributed by atoms with van der Waals surface area (Å²) in [6, 6.07) is 0.618. The van der Waals surface area contributed by atoms with E-state index in [1.165, 1.54) is 0 Å². The van der Waals surface area contributed by atoms with E-state index in [9.17, 15) is 4.79 Å². The third kappa shape index (κ3) is 2.59. The molecule has 4 rings (SSSR count). The lowest BCUT2D eigenvalue weighted by Gasteiger charge is -2.52. The van der Waals surface area contributed by atoms with Crippen molar-refractivity contribution in [1.29, 1.82) is 0 Å². The number of amides is 1. The maximum atomic E-state index is 11.1. The van der Waals surface area contributed by atoms with Gasteiger partial charge in [0.05, 0.1) is 0 Å². The Bertz CT molecular complexity index is 630. The molecule has 0 atom stereocenters. The predicted molar refractivity (Wildman–Crippen MR) is 86.9 cm³/mol. The lowest BCUT2D eigenvalue weighted by molar-refractivity contribution is -0.0139. The molecule has 3 aliphatic rings. The van der Waals surface area contributed by atoms with Crippen molar-refractivity contribution in [2.75, 3.05) is 26.2 Å². The molecule has 1 spiro atoms. The van der Waals surface area contributed by atoms with Crippen LogP contribution in [0.5, 0.6) is 0 Å². The molecular formula is C17H26N4O3. The second kappa shape index (κ2) is 5.44. The van der Waals surface area contributed by atoms with Gasteiger partial charge in [-0.05, 0) is 57.5 Å². The fourth-order valence-electron chi connectivity index (χ4n) is 4.77. The Morgan fingerprint density at radius 2 is 1.96 bits per heavy atom. The molecule has 24 heavy (non-hydrogen) atoms. The summed E-state index contributed by atoms with van der Waals surface area (Å²) in [4.78, 5) is 19.7. The number of aromatic nitrogens is 2. The van der Waals surface area contributed by atoms with Crippen molar-refractivity contribution >= 4 is 6.09 Å². The molecule has 0 radical (unpaired) electrons. The van der Waals surface area contributed by atoms with Crippen molar-refractivity contribution in [2.24, 2.45) is 5.41 Å². The van der Waals surface area contributed by atoms with Gasteiger partial charge in [0.25, 0.3) is 0 Å². The van der Waals surface area contributed by atoms with Crippen molar-refractivity contribution in [3.05, 3.63) is 11.7 Å². The second-order valence-corrected chi connectivity index (χ2v) is 8.26. The summed E-state index contributed by atoms with van der Waals surface area (Å²) in [6.07, 6.45) is 4.64. The van der Waals surface area contributed by atoms with Crippen LogP contribution in [0.4, 0.5) is 4.79 Å². The lowest BCUT2D eigenvalue weighted by Crippen LogP contribution is -2.55. The number of nitrogens with zero attached hydrogens (tertiary/aromatic N) is 4. The van der Waals surface area contributed by atoms with Crippen LogP contribution in [0.15, 0.2) is 4.52 Å². The number of hydrogen-bond acceptors (Lipinski definition) is 5. The monoisotopic (exact) mass is 334 g/mol. The lowest BCUT2D eigenvalue weighted by atomic mass is 9.63. The number of hydrogen-bond donors (Lipinski definition) is 1. The molecule has 3 fully saturated rings. The molecule has 132 valence electrons. The molecule has 1 N–H and O–H groups in total. The van der Waals surface area contributed by atoms with Gasteiger partial charge >= 0.3 is 6.09 Å². The van der Waals surface area contributed by atoms with Crippen LogP contribution in [0.3, 0.4) is 0 Å². The van der Waals surface area contributed by atoms with Gasteiger partial charge in [0, 0.05) is 24.5 Å². The summed E-state index contributed by atoms with van der Waals surface area (Å²) in [7, 11) is 0. The number of carboxylic acid groups (broad SMARTS) is 1. The standard InChI is InChI=1S/C17H26N4O3/c1-12-18-14(24-19-12)16(2)3-6-20(7-4-16)13-9-17(10-13)5-8-21(11-17)15(22)23/h13H,3-11H2,1-2H3,(H,22,23). The number of likely N-dealkylation sites (tertiary alicyclic amines) is 2. The van der Waals surface area contributed by atoms with Gasteiger partial charge in [-0.3, -0.25) is 0 Å². The summed E-state index contributed by atoms with van der Waals surface area (Å²) >= 11 is 0. The van der Waals surface area contributed by atoms with E-state index in [-0.39, 0.29) is 10.8 Å². The molecular weight excluding hydrogens is 308 g/mol. The Morgan fingerprint density at radius 3 is 2.50 bits per heavy atom. The van der Waals surface area contributed by atoms with E-state index in [1.54, 1.807) is 4.90 Å². The molecule has 7 heteroatoms. The van der Waals surface area contributed by atoms with Crippen molar-refractivity contribution in [1.82, 2.24) is 19.9 Å². The molecule has 3 heterocycles. The zero-order valence-corrected chi connectivity index (χ0v) is 14.5. The van der Waals surface area contributed by atoms with E-state index in [0.29, 0.717) is 18.4 Å². The van der Waals surface area contributed by atoms with E-state index in [4.69, 9.17) is 9.63 Å². The number of rotatable bonds is 2. The molecule has 1 aliphatic carbocycles. The zero-order valence-electron chi connectivity index (χ0n) is 14.5. The third-order valence-electron chi connectivity index (χ3n) is 6.51. The molecule has 2 aliphatic heterocycles. The fraction of sp³-hybridized carbons (Fsp3) is 0.824. The first-order valence-electron chi connectivity index (χ1n) is 8.92. The third-order valence-corrected chi connectivity index (χ3v) is 6.51. The van der Waals surface area contributed by atoms with E-state index >= 15 is 0 Å². The van der Waals surface area contributed by atoms with Gasteiger partial charge in [0.2, 0.25) is 5.89 Å². The highest BCUT2D eigenvalue weighted by Crippen LogP contribution is 2.51. The van der Waals surface area contributed by atoms with Gasteiger partial charge in [-0.2, -0.15) is 4.98 Å². The summed E-state index contributed by atoms with van der Waals surface area (Å²) in [5.74, 6) is 1.48. The molecule has 7 nitrogen and oxygen atoms in total. The highest BCUT2D eigenvalue weighted by atomic mass is 16.5. The summed E-state index contributed by atoms with van der Waals surface area (Å²) in [5, 5.41) is 13.1. The Labute approximate surface area is 142 Å². The average molecular weight is 334 g/mol. The van der Waals surface area contributed by atoms with Gasteiger partial charge in [-0.15, -0.1) is 0 Å². The van der Waals surface area contributed by atoms with E-state index in [0.717, 1.165) is 57.6 Å². The van der Waals surface area contributed by atoms with Gasteiger partial charge in [0.15, 0.2) is 5.82 Å². The van der Waals surface area contributed by atoms with Gasteiger partial charge in [-0.25, -0.2) is 4.79 Å². The average Bonchev–Trinajstić information content (AvgIpc) is 3.14. The summed E-state index contributed by atoms with van der Waals surface area (Å²) in [5.41, 5.74) is 0.250. The maximum Gasteiger partial charge on any atom is 0.407 e. The van der Waals surface area contributed by atoms with Crippen LogP contribution in [0.1, 0.15) is 50.7 Å². The van der Waals surface area contributed by atoms with Crippen LogP contribution in [0.25, 0.3) is 0 Å². The highest BCUT2D eigenvalue weighted by Gasteiger charge is 2.52. The zero-order chi connectivity index (χ0) is 16.9. The Balaban J connectivity index is 1.31. The summed E-state index contributed by atoms with van der Waals surface area (Å²) in [6.45, 7) is 7.63. The Hall–Kier alpha value is -1.63. The topological polar surface area (TPSA) is 82.7 Å². The predicted octanol–water partition coefficient (Wildman–Crippen LogP) is 2.26. The second-order valence-electron chi connectivity index (χ2n) is 8.26. The van der Waals surface area contributed by atoms with Gasteiger partial charge in [0.1, 0.15) is 0 Å². The molecule has 0 unspecified atom stereocenters. The quantitative estimate of drug-likeness (QED) is 0.893. The fourth-order valence-corrected chi connectivity index (χ4v) is 4.77. The Kier molecular flexibility index (Phi) is 3.60. The van der Waals surface area contributed by atoms with Crippen LogP contribution >= 0.6 is 0 Å². The van der Waals surface area contributed by atoms with Crippen LogP contribution in [-0.2, 0) is 5.41 Å². The SMILES string of the molecule is Cc1noc(C2(C)CCN(C3CC4(CCN(C(=O)O)C4)C3)CC2)n1. The largest absolute Gasteiger partial charge is 0.465 e. The number of carbonyl (C=O) groups is 1. The molecule has 1 aromatic heterocycles. The van der Waals surface area contributed by atoms with Gasteiger partial charge in [-0.1, -0.05) is 12.1 Å². The Morgan fingerprint density at radius 1 is 1.25 bits per heavy atom. The van der Waals surface area contributed by atoms with Crippen LogP contribution in [-0.4, -0.2) is 63.4 Å². The number of aryl methyl sites for hydroxylation is 1. The smallest absolute Gasteiger partial charge is 0.407 e. The normalized spacial score (nSPS) is 32.9. The van der Waals surface area contributed by atoms with Crippen LogP contribution < -0.4 is 0 Å². The maximum absolute atomic E-state index is 11.1. The van der Waals surface area contributed by atoms with Crippen molar-refractivity contribution in [3.8, 4) is 0 Å². The first-order chi connectivity index (χ1) is 11.4. The molecule has 1 aromatic rings. The molecule has 0 aromatic carbocycles. The first-order valence-corrected chi connectivity index (χ1v) is 8.92. The number of piperidine rings is 1. The van der Waals surface area contributed by atoms with Crippen molar-refractivity contribution in [2.45, 2.75) is 57.4 Å². The van der Waals surface area contributed by atoms with E-state index in [2.05, 4.69) is 22.0 Å². The van der Waals surface area contributed by atoms with Crippen LogP contribution in [0, 0.1) is 12.3 Å². The minimum Gasteiger partial charge on any atom is -0.465 e. The molecule has 2 saturated heterocycles. The first kappa shape index (κ1) is 15.9. The van der Waals surface area contributed by atoms with E-state index < -0.39 is 6.09 Å². The minimum absolute atomic E-state index is 0.00728. The van der Waals surface area contributed by atoms with Gasteiger partial charge < -0.3 is 19.4 Å². The van der Waals surface area contributed by atoms with Crippen LogP contribution in [0.2, 0.25) is 0 Å². The molecule has 0 bridgehead atoms. The molecule has 1 amide bonds. The van der Waals surface area contributed by atoms with Crippen molar-refractivity contribution in [3.63, 3.8) is 0 Å². The highest BCUT2D eigenvalue weighted by molar-refractivity contribution is 5.65. The minimum atomic E-state index is -0.765. The summed E-state index contributed by atoms with van der Waals surface area (Å²) < 4.78 is 5.41. The van der Waals surface area contributed by atoms with Crippen molar-refractivity contribution < 1.29 is 14.4 Å². The molecule has 1 saturated carbocycles. The van der Waals surface area contributed by atoms with E-state index in [1.807, 2.05) is 6.92 Å².